The van der Waals surface area contributed by atoms with Crippen molar-refractivity contribution in [3.05, 3.63) is 223 Å². The Morgan fingerprint density at radius 3 is 1.84 bits per heavy atom. The van der Waals surface area contributed by atoms with Crippen LogP contribution in [0.1, 0.15) is 30.5 Å². The normalized spacial score (nSPS) is 12.6. The molecule has 0 unspecified atom stereocenters. The molecule has 0 saturated carbocycles. The molecule has 0 N–H and O–H groups in total. The van der Waals surface area contributed by atoms with Gasteiger partial charge in [0.15, 0.2) is 5.82 Å². The fraction of sp³-hybridized carbons (Fsp3) is 0.0500. The van der Waals surface area contributed by atoms with Gasteiger partial charge in [-0.15, -0.1) is 0 Å². The number of hydrogen-bond donors (Lipinski definition) is 0. The van der Waals surface area contributed by atoms with Crippen molar-refractivity contribution in [2.45, 2.75) is 19.3 Å². The lowest BCUT2D eigenvalue weighted by Crippen LogP contribution is -2.15. The van der Waals surface area contributed by atoms with Gasteiger partial charge < -0.3 is 4.57 Å². The number of nitriles is 1. The minimum absolute atomic E-state index is 0.174. The van der Waals surface area contributed by atoms with Crippen molar-refractivity contribution < 1.29 is 0 Å². The van der Waals surface area contributed by atoms with Gasteiger partial charge >= 0.3 is 0 Å². The smallest absolute Gasteiger partial charge is 0.160 e. The summed E-state index contributed by atoms with van der Waals surface area (Å²) in [5.74, 6) is 0.655. The lowest BCUT2D eigenvalue weighted by molar-refractivity contribution is 0.661. The van der Waals surface area contributed by atoms with E-state index in [2.05, 4.69) is 182 Å². The van der Waals surface area contributed by atoms with Gasteiger partial charge in [0.1, 0.15) is 0 Å². The molecular formula is C60H40N4. The van der Waals surface area contributed by atoms with Crippen LogP contribution >= 0.6 is 0 Å². The molecule has 300 valence electrons. The maximum absolute atomic E-state index is 10.6. The Morgan fingerprint density at radius 1 is 0.422 bits per heavy atom. The number of rotatable bonds is 6. The van der Waals surface area contributed by atoms with E-state index < -0.39 is 0 Å². The summed E-state index contributed by atoms with van der Waals surface area (Å²) in [4.78, 5) is 10.5. The molecule has 1 aliphatic rings. The fourth-order valence-corrected chi connectivity index (χ4v) is 10.1. The van der Waals surface area contributed by atoms with Crippen LogP contribution in [0.2, 0.25) is 0 Å². The van der Waals surface area contributed by atoms with Crippen molar-refractivity contribution >= 4 is 32.6 Å². The lowest BCUT2D eigenvalue weighted by Gasteiger charge is -2.22. The highest BCUT2D eigenvalue weighted by Crippen LogP contribution is 2.51. The zero-order chi connectivity index (χ0) is 42.9. The van der Waals surface area contributed by atoms with E-state index in [1.54, 1.807) is 0 Å². The summed E-state index contributed by atoms with van der Waals surface area (Å²) in [5.41, 5.74) is 17.5. The quantitative estimate of drug-likeness (QED) is 0.168. The predicted molar refractivity (Wildman–Crippen MR) is 263 cm³/mol. The molecule has 4 heteroatoms. The van der Waals surface area contributed by atoms with E-state index in [-0.39, 0.29) is 5.41 Å². The minimum Gasteiger partial charge on any atom is -0.309 e. The minimum atomic E-state index is -0.174. The van der Waals surface area contributed by atoms with Crippen molar-refractivity contribution in [1.29, 1.82) is 5.26 Å². The van der Waals surface area contributed by atoms with Gasteiger partial charge in [-0.3, -0.25) is 0 Å². The van der Waals surface area contributed by atoms with Crippen LogP contribution in [0.3, 0.4) is 0 Å². The van der Waals surface area contributed by atoms with Gasteiger partial charge in [-0.1, -0.05) is 159 Å². The molecule has 2 heterocycles. The molecule has 0 saturated heterocycles. The van der Waals surface area contributed by atoms with Crippen LogP contribution < -0.4 is 0 Å². The van der Waals surface area contributed by atoms with Crippen LogP contribution in [0.25, 0.3) is 106 Å². The number of fused-ring (bicyclic) bond motifs is 7. The molecule has 4 nitrogen and oxygen atoms in total. The van der Waals surface area contributed by atoms with E-state index >= 15 is 0 Å². The van der Waals surface area contributed by atoms with Crippen LogP contribution in [0.15, 0.2) is 206 Å². The molecule has 11 aromatic rings. The zero-order valence-corrected chi connectivity index (χ0v) is 35.4. The highest BCUT2D eigenvalue weighted by Gasteiger charge is 2.36. The zero-order valence-electron chi connectivity index (χ0n) is 35.4. The molecule has 0 amide bonds. The molecular weight excluding hydrogens is 777 g/mol. The number of nitrogens with zero attached hydrogens (tertiary/aromatic N) is 4. The Labute approximate surface area is 372 Å². The summed E-state index contributed by atoms with van der Waals surface area (Å²) in [7, 11) is 0. The largest absolute Gasteiger partial charge is 0.309 e. The van der Waals surface area contributed by atoms with Crippen molar-refractivity contribution in [2.75, 3.05) is 0 Å². The lowest BCUT2D eigenvalue weighted by atomic mass is 9.82. The summed E-state index contributed by atoms with van der Waals surface area (Å²) in [6, 6.07) is 75.4. The van der Waals surface area contributed by atoms with Crippen molar-refractivity contribution in [3.63, 3.8) is 0 Å². The highest BCUT2D eigenvalue weighted by molar-refractivity contribution is 6.12. The van der Waals surface area contributed by atoms with Gasteiger partial charge in [-0.05, 0) is 116 Å². The first-order valence-electron chi connectivity index (χ1n) is 21.8. The summed E-state index contributed by atoms with van der Waals surface area (Å²) >= 11 is 0. The van der Waals surface area contributed by atoms with Gasteiger partial charge in [-0.25, -0.2) is 9.97 Å². The van der Waals surface area contributed by atoms with E-state index in [4.69, 9.17) is 9.97 Å². The number of aromatic nitrogens is 3. The third kappa shape index (κ3) is 6.05. The van der Waals surface area contributed by atoms with E-state index in [1.165, 1.54) is 33.0 Å². The Kier molecular flexibility index (Phi) is 8.54. The SMILES string of the molecule is CC1(C)c2ccccc2-c2cc3c4ccccc4n(-c4cc(-c5cc(C#N)cc(-c6cccc7ccccc67)c5)cc(-c5cc(-c6ccccc6)nc(-c6ccccc6)n5)c4)c3cc21. The maximum atomic E-state index is 10.6. The van der Waals surface area contributed by atoms with Crippen molar-refractivity contribution in [1.82, 2.24) is 14.5 Å². The van der Waals surface area contributed by atoms with Crippen LogP contribution in [-0.2, 0) is 5.41 Å². The van der Waals surface area contributed by atoms with Gasteiger partial charge in [0.05, 0.1) is 34.1 Å². The second-order valence-electron chi connectivity index (χ2n) is 17.3. The molecule has 2 aromatic heterocycles. The molecule has 0 bridgehead atoms. The number of hydrogen-bond acceptors (Lipinski definition) is 3. The molecule has 64 heavy (non-hydrogen) atoms. The summed E-state index contributed by atoms with van der Waals surface area (Å²) < 4.78 is 2.42. The summed E-state index contributed by atoms with van der Waals surface area (Å²) in [5, 5.41) is 15.3. The third-order valence-electron chi connectivity index (χ3n) is 13.2. The van der Waals surface area contributed by atoms with Crippen LogP contribution in [-0.4, -0.2) is 14.5 Å². The molecule has 0 atom stereocenters. The average molecular weight is 817 g/mol. The van der Waals surface area contributed by atoms with E-state index in [0.29, 0.717) is 11.4 Å². The first kappa shape index (κ1) is 37.4. The first-order valence-corrected chi connectivity index (χ1v) is 21.8. The van der Waals surface area contributed by atoms with Gasteiger partial charge in [-0.2, -0.15) is 5.26 Å². The Hall–Kier alpha value is -8.39. The molecule has 12 rings (SSSR count). The Morgan fingerprint density at radius 2 is 1.03 bits per heavy atom. The van der Waals surface area contributed by atoms with Gasteiger partial charge in [0.25, 0.3) is 0 Å². The average Bonchev–Trinajstić information content (AvgIpc) is 3.80. The summed E-state index contributed by atoms with van der Waals surface area (Å²) in [6.45, 7) is 4.68. The van der Waals surface area contributed by atoms with Crippen molar-refractivity contribution in [2.24, 2.45) is 0 Å². The number of benzene rings is 9. The fourth-order valence-electron chi connectivity index (χ4n) is 10.1. The van der Waals surface area contributed by atoms with E-state index in [1.807, 2.05) is 48.5 Å². The molecule has 1 aliphatic carbocycles. The standard InChI is InChI=1S/C60H40N4/c1-60(2)53-26-13-11-23-49(53)51-34-52-50-24-12-14-27-57(50)64(58(52)35-54(51)60)46-32-43(42-28-38(37-61)29-44(30-42)48-25-15-21-39-16-9-10-22-47(39)48)31-45(33-46)56-36-55(40-17-5-3-6-18-40)62-59(63-56)41-19-7-4-8-20-41/h3-36H,1-2H3. The maximum Gasteiger partial charge on any atom is 0.160 e. The second-order valence-corrected chi connectivity index (χ2v) is 17.3. The molecule has 9 aromatic carbocycles. The van der Waals surface area contributed by atoms with Crippen LogP contribution in [0, 0.1) is 11.3 Å². The van der Waals surface area contributed by atoms with Gasteiger partial charge in [0, 0.05) is 38.6 Å². The molecule has 0 fully saturated rings. The first-order chi connectivity index (χ1) is 31.4. The van der Waals surface area contributed by atoms with Crippen LogP contribution in [0.5, 0.6) is 0 Å². The Balaban J connectivity index is 1.15. The Bertz CT molecular complexity index is 3640. The highest BCUT2D eigenvalue weighted by atomic mass is 15.0. The predicted octanol–water partition coefficient (Wildman–Crippen LogP) is 15.2. The van der Waals surface area contributed by atoms with E-state index in [9.17, 15) is 5.26 Å². The van der Waals surface area contributed by atoms with Gasteiger partial charge in [0.2, 0.25) is 0 Å². The molecule has 0 spiro atoms. The molecule has 0 radical (unpaired) electrons. The van der Waals surface area contributed by atoms with Crippen LogP contribution in [0.4, 0.5) is 0 Å². The van der Waals surface area contributed by atoms with E-state index in [0.717, 1.165) is 77.8 Å². The summed E-state index contributed by atoms with van der Waals surface area (Å²) in [6.07, 6.45) is 0. The molecule has 0 aliphatic heterocycles. The monoisotopic (exact) mass is 816 g/mol. The second kappa shape index (κ2) is 14.6. The van der Waals surface area contributed by atoms with Crippen molar-refractivity contribution in [3.8, 4) is 79.0 Å². The topological polar surface area (TPSA) is 54.5 Å². The third-order valence-corrected chi connectivity index (χ3v) is 13.2. The number of para-hydroxylation sites is 1.